The SMILES string of the molecule is CNCCCCCCCCCCCCCCCC1=C(C)C(=O)CCC1(C)C. The van der Waals surface area contributed by atoms with E-state index in [1.165, 1.54) is 95.6 Å². The lowest BCUT2D eigenvalue weighted by molar-refractivity contribution is -0.116. The number of hydrogen-bond acceptors (Lipinski definition) is 2. The second-order valence-electron chi connectivity index (χ2n) is 9.36. The molecule has 1 aliphatic rings. The predicted molar refractivity (Wildman–Crippen MR) is 119 cm³/mol. The zero-order chi connectivity index (χ0) is 20.0. The Balaban J connectivity index is 1.93. The lowest BCUT2D eigenvalue weighted by Gasteiger charge is -2.34. The maximum Gasteiger partial charge on any atom is 0.158 e. The zero-order valence-corrected chi connectivity index (χ0v) is 18.9. The fourth-order valence-electron chi connectivity index (χ4n) is 4.51. The molecule has 0 aromatic heterocycles. The van der Waals surface area contributed by atoms with Crippen molar-refractivity contribution in [1.82, 2.24) is 5.32 Å². The molecule has 158 valence electrons. The Labute approximate surface area is 170 Å². The van der Waals surface area contributed by atoms with Gasteiger partial charge in [0.1, 0.15) is 0 Å². The topological polar surface area (TPSA) is 29.1 Å². The van der Waals surface area contributed by atoms with Gasteiger partial charge in [0.15, 0.2) is 5.78 Å². The number of ketones is 1. The van der Waals surface area contributed by atoms with Crippen molar-refractivity contribution in [2.24, 2.45) is 5.41 Å². The minimum atomic E-state index is 0.241. The van der Waals surface area contributed by atoms with E-state index in [0.29, 0.717) is 5.78 Å². The molecule has 0 radical (unpaired) electrons. The van der Waals surface area contributed by atoms with Gasteiger partial charge in [-0.05, 0) is 57.2 Å². The lowest BCUT2D eigenvalue weighted by Crippen LogP contribution is -2.25. The van der Waals surface area contributed by atoms with Gasteiger partial charge in [-0.15, -0.1) is 0 Å². The Bertz CT molecular complexity index is 436. The number of Topliss-reactive ketones (excluding diaryl/α,β-unsaturated/α-hetero) is 1. The summed E-state index contributed by atoms with van der Waals surface area (Å²) in [6.45, 7) is 7.87. The van der Waals surface area contributed by atoms with Gasteiger partial charge in [-0.25, -0.2) is 0 Å². The Hall–Kier alpha value is -0.630. The molecule has 0 aromatic rings. The van der Waals surface area contributed by atoms with Gasteiger partial charge in [-0.1, -0.05) is 90.0 Å². The summed E-state index contributed by atoms with van der Waals surface area (Å²) < 4.78 is 0. The first-order valence-electron chi connectivity index (χ1n) is 11.9. The summed E-state index contributed by atoms with van der Waals surface area (Å²) in [6.07, 6.45) is 21.0. The summed E-state index contributed by atoms with van der Waals surface area (Å²) >= 11 is 0. The molecule has 27 heavy (non-hydrogen) atoms. The molecule has 0 aliphatic heterocycles. The molecule has 1 rings (SSSR count). The molecule has 0 aromatic carbocycles. The molecule has 0 atom stereocenters. The Morgan fingerprint density at radius 3 is 1.70 bits per heavy atom. The van der Waals surface area contributed by atoms with E-state index in [1.54, 1.807) is 0 Å². The van der Waals surface area contributed by atoms with E-state index in [0.717, 1.165) is 24.8 Å². The zero-order valence-electron chi connectivity index (χ0n) is 18.9. The van der Waals surface area contributed by atoms with Crippen molar-refractivity contribution in [2.45, 2.75) is 124 Å². The molecule has 0 unspecified atom stereocenters. The molecule has 2 heteroatoms. The fourth-order valence-corrected chi connectivity index (χ4v) is 4.51. The minimum Gasteiger partial charge on any atom is -0.320 e. The second-order valence-corrected chi connectivity index (χ2v) is 9.36. The van der Waals surface area contributed by atoms with Crippen LogP contribution in [-0.4, -0.2) is 19.4 Å². The average Bonchev–Trinajstić information content (AvgIpc) is 2.64. The highest BCUT2D eigenvalue weighted by molar-refractivity contribution is 5.96. The van der Waals surface area contributed by atoms with Crippen molar-refractivity contribution in [3.63, 3.8) is 0 Å². The van der Waals surface area contributed by atoms with Crippen molar-refractivity contribution >= 4 is 5.78 Å². The Morgan fingerprint density at radius 1 is 0.778 bits per heavy atom. The highest BCUT2D eigenvalue weighted by Gasteiger charge is 2.31. The minimum absolute atomic E-state index is 0.241. The van der Waals surface area contributed by atoms with Crippen LogP contribution in [0.5, 0.6) is 0 Å². The van der Waals surface area contributed by atoms with Gasteiger partial charge in [0.25, 0.3) is 0 Å². The Morgan fingerprint density at radius 2 is 1.22 bits per heavy atom. The van der Waals surface area contributed by atoms with Crippen LogP contribution < -0.4 is 5.32 Å². The lowest BCUT2D eigenvalue weighted by atomic mass is 9.70. The van der Waals surface area contributed by atoms with E-state index in [9.17, 15) is 4.79 Å². The molecule has 2 nitrogen and oxygen atoms in total. The molecule has 0 bridgehead atoms. The number of rotatable bonds is 16. The van der Waals surface area contributed by atoms with Crippen LogP contribution in [0, 0.1) is 5.41 Å². The third kappa shape index (κ3) is 10.5. The molecular weight excluding hydrogens is 330 g/mol. The highest BCUT2D eigenvalue weighted by atomic mass is 16.1. The van der Waals surface area contributed by atoms with Gasteiger partial charge in [0.05, 0.1) is 0 Å². The molecule has 0 saturated heterocycles. The standard InChI is InChI=1S/C25H47NO/c1-22-23(25(2,3)20-19-24(22)27)18-16-14-12-10-8-6-5-7-9-11-13-15-17-21-26-4/h26H,5-21H2,1-4H3. The maximum atomic E-state index is 12.0. The normalized spacial score (nSPS) is 17.0. The van der Waals surface area contributed by atoms with E-state index in [2.05, 4.69) is 26.1 Å². The van der Waals surface area contributed by atoms with Crippen LogP contribution in [0.4, 0.5) is 0 Å². The van der Waals surface area contributed by atoms with Gasteiger partial charge in [-0.3, -0.25) is 4.79 Å². The number of nitrogens with one attached hydrogen (secondary N) is 1. The van der Waals surface area contributed by atoms with Crippen LogP contribution in [0.3, 0.4) is 0 Å². The summed E-state index contributed by atoms with van der Waals surface area (Å²) in [7, 11) is 2.04. The highest BCUT2D eigenvalue weighted by Crippen LogP contribution is 2.41. The van der Waals surface area contributed by atoms with E-state index < -0.39 is 0 Å². The van der Waals surface area contributed by atoms with Crippen molar-refractivity contribution in [2.75, 3.05) is 13.6 Å². The van der Waals surface area contributed by atoms with Crippen LogP contribution in [0.25, 0.3) is 0 Å². The van der Waals surface area contributed by atoms with Crippen molar-refractivity contribution in [3.8, 4) is 0 Å². The van der Waals surface area contributed by atoms with Crippen LogP contribution in [0.15, 0.2) is 11.1 Å². The number of carbonyl (C=O) groups excluding carboxylic acids is 1. The van der Waals surface area contributed by atoms with E-state index >= 15 is 0 Å². The summed E-state index contributed by atoms with van der Waals surface area (Å²) in [5.41, 5.74) is 2.77. The number of carbonyl (C=O) groups is 1. The molecule has 0 heterocycles. The van der Waals surface area contributed by atoms with Crippen molar-refractivity contribution < 1.29 is 4.79 Å². The van der Waals surface area contributed by atoms with Crippen LogP contribution >= 0.6 is 0 Å². The van der Waals surface area contributed by atoms with E-state index in [1.807, 2.05) is 7.05 Å². The average molecular weight is 378 g/mol. The largest absolute Gasteiger partial charge is 0.320 e. The number of hydrogen-bond donors (Lipinski definition) is 1. The third-order valence-corrected chi connectivity index (χ3v) is 6.52. The first-order chi connectivity index (χ1) is 13.0. The monoisotopic (exact) mass is 377 g/mol. The number of unbranched alkanes of at least 4 members (excludes halogenated alkanes) is 12. The summed E-state index contributed by atoms with van der Waals surface area (Å²) in [5.74, 6) is 0.391. The quantitative estimate of drug-likeness (QED) is 0.284. The molecule has 1 aliphatic carbocycles. The summed E-state index contributed by atoms with van der Waals surface area (Å²) in [4.78, 5) is 12.0. The summed E-state index contributed by atoms with van der Waals surface area (Å²) in [6, 6.07) is 0. The smallest absolute Gasteiger partial charge is 0.158 e. The van der Waals surface area contributed by atoms with Crippen LogP contribution in [-0.2, 0) is 4.79 Å². The van der Waals surface area contributed by atoms with E-state index in [4.69, 9.17) is 0 Å². The molecule has 0 saturated carbocycles. The van der Waals surface area contributed by atoms with Gasteiger partial charge < -0.3 is 5.32 Å². The van der Waals surface area contributed by atoms with Gasteiger partial charge in [0, 0.05) is 6.42 Å². The van der Waals surface area contributed by atoms with Crippen molar-refractivity contribution in [3.05, 3.63) is 11.1 Å². The maximum absolute atomic E-state index is 12.0. The fraction of sp³-hybridized carbons (Fsp3) is 0.880. The van der Waals surface area contributed by atoms with Gasteiger partial charge in [0.2, 0.25) is 0 Å². The third-order valence-electron chi connectivity index (χ3n) is 6.52. The van der Waals surface area contributed by atoms with Gasteiger partial charge >= 0.3 is 0 Å². The van der Waals surface area contributed by atoms with Crippen molar-refractivity contribution in [1.29, 1.82) is 0 Å². The summed E-state index contributed by atoms with van der Waals surface area (Å²) in [5, 5.41) is 3.22. The molecular formula is C25H47NO. The predicted octanol–water partition coefficient (Wildman–Crippen LogP) is 7.37. The molecule has 0 amide bonds. The first kappa shape index (κ1) is 24.4. The molecule has 1 N–H and O–H groups in total. The first-order valence-corrected chi connectivity index (χ1v) is 11.9. The molecule has 0 fully saturated rings. The number of allylic oxidation sites excluding steroid dienone is 2. The molecule has 0 spiro atoms. The van der Waals surface area contributed by atoms with Crippen LogP contribution in [0.1, 0.15) is 124 Å². The second kappa shape index (κ2) is 14.4. The Kier molecular flexibility index (Phi) is 13.0. The van der Waals surface area contributed by atoms with Gasteiger partial charge in [-0.2, -0.15) is 0 Å². The van der Waals surface area contributed by atoms with E-state index in [-0.39, 0.29) is 5.41 Å². The van der Waals surface area contributed by atoms with Crippen LogP contribution in [0.2, 0.25) is 0 Å².